The van der Waals surface area contributed by atoms with Gasteiger partial charge in [0.2, 0.25) is 0 Å². The van der Waals surface area contributed by atoms with Crippen LogP contribution >= 0.6 is 0 Å². The molecule has 0 aromatic heterocycles. The first-order chi connectivity index (χ1) is 7.66. The summed E-state index contributed by atoms with van der Waals surface area (Å²) in [5.74, 6) is -2.92. The molecule has 5 heteroatoms. The van der Waals surface area contributed by atoms with Crippen LogP contribution in [-0.2, 0) is 11.3 Å². The molecule has 0 bridgehead atoms. The van der Waals surface area contributed by atoms with Gasteiger partial charge in [-0.05, 0) is 12.5 Å². The van der Waals surface area contributed by atoms with Gasteiger partial charge in [0.25, 0.3) is 0 Å². The summed E-state index contributed by atoms with van der Waals surface area (Å²) in [6, 6.07) is 1.61. The van der Waals surface area contributed by atoms with E-state index in [-0.39, 0.29) is 18.2 Å². The molecule has 1 aliphatic rings. The molecule has 0 spiro atoms. The number of hydrogen-bond acceptors (Lipinski definition) is 2. The average Bonchev–Trinajstić information content (AvgIpc) is 2.74. The third kappa shape index (κ3) is 2.54. The van der Waals surface area contributed by atoms with Crippen molar-refractivity contribution in [1.82, 2.24) is 5.32 Å². The Bertz CT molecular complexity index is 378. The standard InChI is InChI=1S/C11H12F3NO/c12-9-4-11(14)10(13)3-7(9)5-15-8-1-2-16-6-8/h3-4,8,15H,1-2,5-6H2. The Kier molecular flexibility index (Phi) is 3.46. The van der Waals surface area contributed by atoms with Gasteiger partial charge in [0.15, 0.2) is 11.6 Å². The monoisotopic (exact) mass is 231 g/mol. The van der Waals surface area contributed by atoms with Crippen molar-refractivity contribution < 1.29 is 17.9 Å². The Morgan fingerprint density at radius 1 is 1.19 bits per heavy atom. The van der Waals surface area contributed by atoms with Crippen molar-refractivity contribution >= 4 is 0 Å². The Hall–Kier alpha value is -1.07. The van der Waals surface area contributed by atoms with Crippen LogP contribution in [0.3, 0.4) is 0 Å². The fraction of sp³-hybridized carbons (Fsp3) is 0.455. The summed E-state index contributed by atoms with van der Waals surface area (Å²) in [6.45, 7) is 1.43. The summed E-state index contributed by atoms with van der Waals surface area (Å²) in [5.41, 5.74) is 0.130. The van der Waals surface area contributed by atoms with Gasteiger partial charge in [0.05, 0.1) is 6.61 Å². The lowest BCUT2D eigenvalue weighted by atomic mass is 10.1. The maximum absolute atomic E-state index is 13.2. The van der Waals surface area contributed by atoms with Gasteiger partial charge in [-0.2, -0.15) is 0 Å². The summed E-state index contributed by atoms with van der Waals surface area (Å²) in [5, 5.41) is 3.03. The van der Waals surface area contributed by atoms with E-state index in [9.17, 15) is 13.2 Å². The van der Waals surface area contributed by atoms with Crippen molar-refractivity contribution in [3.05, 3.63) is 35.1 Å². The van der Waals surface area contributed by atoms with Crippen LogP contribution in [0.25, 0.3) is 0 Å². The zero-order valence-electron chi connectivity index (χ0n) is 8.60. The third-order valence-corrected chi connectivity index (χ3v) is 2.60. The molecular weight excluding hydrogens is 219 g/mol. The first kappa shape index (κ1) is 11.4. The van der Waals surface area contributed by atoms with Crippen molar-refractivity contribution in [2.24, 2.45) is 0 Å². The van der Waals surface area contributed by atoms with Crippen LogP contribution in [0.15, 0.2) is 12.1 Å². The number of nitrogens with one attached hydrogen (secondary N) is 1. The molecule has 1 aromatic carbocycles. The van der Waals surface area contributed by atoms with Crippen molar-refractivity contribution in [2.45, 2.75) is 19.0 Å². The summed E-state index contributed by atoms with van der Waals surface area (Å²) < 4.78 is 43.9. The highest BCUT2D eigenvalue weighted by atomic mass is 19.2. The summed E-state index contributed by atoms with van der Waals surface area (Å²) >= 11 is 0. The number of benzene rings is 1. The maximum Gasteiger partial charge on any atom is 0.161 e. The lowest BCUT2D eigenvalue weighted by Crippen LogP contribution is -2.29. The Morgan fingerprint density at radius 3 is 2.62 bits per heavy atom. The molecule has 1 unspecified atom stereocenters. The highest BCUT2D eigenvalue weighted by Gasteiger charge is 2.16. The van der Waals surface area contributed by atoms with Crippen molar-refractivity contribution in [1.29, 1.82) is 0 Å². The third-order valence-electron chi connectivity index (χ3n) is 2.60. The first-order valence-corrected chi connectivity index (χ1v) is 5.11. The van der Waals surface area contributed by atoms with Crippen LogP contribution in [0.2, 0.25) is 0 Å². The molecule has 2 nitrogen and oxygen atoms in total. The first-order valence-electron chi connectivity index (χ1n) is 5.11. The molecule has 0 amide bonds. The molecule has 88 valence electrons. The lowest BCUT2D eigenvalue weighted by Gasteiger charge is -2.11. The van der Waals surface area contributed by atoms with Crippen LogP contribution in [0.4, 0.5) is 13.2 Å². The van der Waals surface area contributed by atoms with E-state index in [4.69, 9.17) is 4.74 Å². The summed E-state index contributed by atoms with van der Waals surface area (Å²) in [6.07, 6.45) is 0.852. The highest BCUT2D eigenvalue weighted by Crippen LogP contribution is 2.14. The Labute approximate surface area is 91.4 Å². The van der Waals surface area contributed by atoms with E-state index in [1.807, 2.05) is 0 Å². The van der Waals surface area contributed by atoms with E-state index in [1.165, 1.54) is 0 Å². The predicted octanol–water partition coefficient (Wildman–Crippen LogP) is 1.98. The SMILES string of the molecule is Fc1cc(F)c(CNC2CCOC2)cc1F. The smallest absolute Gasteiger partial charge is 0.161 e. The van der Waals surface area contributed by atoms with Gasteiger partial charge >= 0.3 is 0 Å². The number of halogens is 3. The lowest BCUT2D eigenvalue weighted by molar-refractivity contribution is 0.189. The van der Waals surface area contributed by atoms with E-state index in [2.05, 4.69) is 5.32 Å². The van der Waals surface area contributed by atoms with Gasteiger partial charge in [-0.1, -0.05) is 0 Å². The van der Waals surface area contributed by atoms with Gasteiger partial charge in [-0.3, -0.25) is 0 Å². The number of hydrogen-bond donors (Lipinski definition) is 1. The Balaban J connectivity index is 2.00. The average molecular weight is 231 g/mol. The second kappa shape index (κ2) is 4.84. The number of rotatable bonds is 3. The molecule has 1 fully saturated rings. The molecule has 1 atom stereocenters. The molecule has 1 aromatic rings. The zero-order chi connectivity index (χ0) is 11.5. The molecule has 1 heterocycles. The van der Waals surface area contributed by atoms with Crippen LogP contribution < -0.4 is 5.32 Å². The molecule has 2 rings (SSSR count). The van der Waals surface area contributed by atoms with E-state index < -0.39 is 17.5 Å². The molecule has 16 heavy (non-hydrogen) atoms. The molecule has 0 aliphatic carbocycles. The normalized spacial score (nSPS) is 20.3. The Morgan fingerprint density at radius 2 is 1.94 bits per heavy atom. The summed E-state index contributed by atoms with van der Waals surface area (Å²) in [4.78, 5) is 0. The van der Waals surface area contributed by atoms with Gasteiger partial charge in [0, 0.05) is 30.8 Å². The van der Waals surface area contributed by atoms with Gasteiger partial charge in [-0.15, -0.1) is 0 Å². The second-order valence-electron chi connectivity index (χ2n) is 3.80. The van der Waals surface area contributed by atoms with Crippen molar-refractivity contribution in [3.63, 3.8) is 0 Å². The van der Waals surface area contributed by atoms with E-state index in [0.717, 1.165) is 12.5 Å². The minimum atomic E-state index is -1.16. The van der Waals surface area contributed by atoms with Crippen LogP contribution in [-0.4, -0.2) is 19.3 Å². The maximum atomic E-state index is 13.2. The zero-order valence-corrected chi connectivity index (χ0v) is 8.60. The topological polar surface area (TPSA) is 21.3 Å². The molecule has 1 N–H and O–H groups in total. The van der Waals surface area contributed by atoms with Gasteiger partial charge in [0.1, 0.15) is 5.82 Å². The van der Waals surface area contributed by atoms with Gasteiger partial charge in [-0.25, -0.2) is 13.2 Å². The molecule has 0 saturated carbocycles. The highest BCUT2D eigenvalue weighted by molar-refractivity contribution is 5.20. The minimum absolute atomic E-state index is 0.130. The fourth-order valence-corrected chi connectivity index (χ4v) is 1.65. The summed E-state index contributed by atoms with van der Waals surface area (Å²) in [7, 11) is 0. The van der Waals surface area contributed by atoms with Crippen LogP contribution in [0.5, 0.6) is 0 Å². The largest absolute Gasteiger partial charge is 0.380 e. The van der Waals surface area contributed by atoms with E-state index >= 15 is 0 Å². The second-order valence-corrected chi connectivity index (χ2v) is 3.80. The van der Waals surface area contributed by atoms with Crippen LogP contribution in [0.1, 0.15) is 12.0 Å². The molecular formula is C11H12F3NO. The quantitative estimate of drug-likeness (QED) is 0.803. The number of ether oxygens (including phenoxy) is 1. The fourth-order valence-electron chi connectivity index (χ4n) is 1.65. The molecule has 1 saturated heterocycles. The van der Waals surface area contributed by atoms with Crippen LogP contribution in [0, 0.1) is 17.5 Å². The molecule has 1 aliphatic heterocycles. The van der Waals surface area contributed by atoms with Gasteiger partial charge < -0.3 is 10.1 Å². The van der Waals surface area contributed by atoms with Crippen molar-refractivity contribution in [2.75, 3.05) is 13.2 Å². The van der Waals surface area contributed by atoms with E-state index in [1.54, 1.807) is 0 Å². The predicted molar refractivity (Wildman–Crippen MR) is 52.4 cm³/mol. The molecule has 0 radical (unpaired) electrons. The minimum Gasteiger partial charge on any atom is -0.380 e. The van der Waals surface area contributed by atoms with Crippen molar-refractivity contribution in [3.8, 4) is 0 Å². The van der Waals surface area contributed by atoms with E-state index in [0.29, 0.717) is 19.3 Å².